The SMILES string of the molecule is [N-]=[N+]=NC[C@@H]1CC(N)C(O)C[C@H]1CN=[N+]=[N-]. The van der Waals surface area contributed by atoms with Crippen LogP contribution in [0.1, 0.15) is 12.8 Å². The van der Waals surface area contributed by atoms with Gasteiger partial charge < -0.3 is 10.8 Å². The average Bonchev–Trinajstić information content (AvgIpc) is 2.28. The average molecular weight is 225 g/mol. The summed E-state index contributed by atoms with van der Waals surface area (Å²) in [5, 5.41) is 16.7. The standard InChI is InChI=1S/C8H15N7O/c9-7-1-5(3-12-14-10)6(2-8(7)16)4-13-15-11/h5-8,16H,1-4,9H2/t5-,6-,7?,8?/m0/s1. The zero-order chi connectivity index (χ0) is 12.0. The molecule has 4 atom stereocenters. The van der Waals surface area contributed by atoms with E-state index in [1.54, 1.807) is 0 Å². The molecule has 3 N–H and O–H groups in total. The molecule has 88 valence electrons. The summed E-state index contributed by atoms with van der Waals surface area (Å²) in [6.45, 7) is 0.647. The number of aliphatic hydroxyl groups is 1. The zero-order valence-electron chi connectivity index (χ0n) is 8.85. The predicted octanol–water partition coefficient (Wildman–Crippen LogP) is 1.32. The minimum atomic E-state index is -0.568. The molecule has 0 aromatic rings. The summed E-state index contributed by atoms with van der Waals surface area (Å²) in [5.74, 6) is 0.121. The van der Waals surface area contributed by atoms with Crippen LogP contribution < -0.4 is 5.73 Å². The van der Waals surface area contributed by atoms with Gasteiger partial charge >= 0.3 is 0 Å². The fourth-order valence-electron chi connectivity index (χ4n) is 2.11. The van der Waals surface area contributed by atoms with Crippen LogP contribution in [-0.4, -0.2) is 30.3 Å². The summed E-state index contributed by atoms with van der Waals surface area (Å²) < 4.78 is 0. The van der Waals surface area contributed by atoms with E-state index in [2.05, 4.69) is 20.1 Å². The van der Waals surface area contributed by atoms with Crippen LogP contribution in [0.5, 0.6) is 0 Å². The van der Waals surface area contributed by atoms with Crippen molar-refractivity contribution < 1.29 is 5.11 Å². The first-order valence-electron chi connectivity index (χ1n) is 5.14. The molecule has 0 amide bonds. The van der Waals surface area contributed by atoms with E-state index in [-0.39, 0.29) is 17.9 Å². The van der Waals surface area contributed by atoms with Gasteiger partial charge in [-0.25, -0.2) is 0 Å². The number of aliphatic hydroxyl groups excluding tert-OH is 1. The molecule has 0 spiro atoms. The van der Waals surface area contributed by atoms with Gasteiger partial charge in [-0.05, 0) is 35.7 Å². The van der Waals surface area contributed by atoms with Gasteiger partial charge in [0.2, 0.25) is 0 Å². The Labute approximate surface area is 92.7 Å². The van der Waals surface area contributed by atoms with Crippen LogP contribution in [0.15, 0.2) is 10.2 Å². The Morgan fingerprint density at radius 3 is 2.12 bits per heavy atom. The number of hydrogen-bond acceptors (Lipinski definition) is 4. The molecule has 1 fully saturated rings. The molecule has 1 rings (SSSR count). The summed E-state index contributed by atoms with van der Waals surface area (Å²) in [4.78, 5) is 5.40. The van der Waals surface area contributed by atoms with Crippen molar-refractivity contribution in [2.75, 3.05) is 13.1 Å². The molecule has 2 unspecified atom stereocenters. The second-order valence-corrected chi connectivity index (χ2v) is 4.05. The van der Waals surface area contributed by atoms with Gasteiger partial charge in [-0.2, -0.15) is 0 Å². The number of azide groups is 2. The van der Waals surface area contributed by atoms with Gasteiger partial charge in [0, 0.05) is 29.0 Å². The molecule has 16 heavy (non-hydrogen) atoms. The third-order valence-corrected chi connectivity index (χ3v) is 3.04. The van der Waals surface area contributed by atoms with Crippen LogP contribution >= 0.6 is 0 Å². The van der Waals surface area contributed by atoms with Gasteiger partial charge in [0.05, 0.1) is 6.10 Å². The Morgan fingerprint density at radius 2 is 1.62 bits per heavy atom. The highest BCUT2D eigenvalue weighted by atomic mass is 16.3. The predicted molar refractivity (Wildman–Crippen MR) is 58.2 cm³/mol. The van der Waals surface area contributed by atoms with Crippen LogP contribution in [0.2, 0.25) is 0 Å². The van der Waals surface area contributed by atoms with E-state index in [1.165, 1.54) is 0 Å². The zero-order valence-corrected chi connectivity index (χ0v) is 8.85. The van der Waals surface area contributed by atoms with E-state index in [0.717, 1.165) is 0 Å². The first kappa shape index (κ1) is 12.6. The van der Waals surface area contributed by atoms with Gasteiger partial charge in [-0.15, -0.1) is 0 Å². The van der Waals surface area contributed by atoms with Crippen molar-refractivity contribution in [3.8, 4) is 0 Å². The van der Waals surface area contributed by atoms with Gasteiger partial charge in [0.25, 0.3) is 0 Å². The van der Waals surface area contributed by atoms with Crippen LogP contribution in [0, 0.1) is 11.8 Å². The maximum atomic E-state index is 9.63. The third-order valence-electron chi connectivity index (χ3n) is 3.04. The highest BCUT2D eigenvalue weighted by molar-refractivity contribution is 4.89. The molecule has 0 heterocycles. The van der Waals surface area contributed by atoms with Crippen molar-refractivity contribution in [1.82, 2.24) is 0 Å². The van der Waals surface area contributed by atoms with Crippen LogP contribution in [0.3, 0.4) is 0 Å². The first-order valence-corrected chi connectivity index (χ1v) is 5.14. The lowest BCUT2D eigenvalue weighted by atomic mass is 9.75. The van der Waals surface area contributed by atoms with Crippen molar-refractivity contribution >= 4 is 0 Å². The number of nitrogens with zero attached hydrogens (tertiary/aromatic N) is 6. The summed E-state index contributed by atoms with van der Waals surface area (Å²) >= 11 is 0. The minimum Gasteiger partial charge on any atom is -0.392 e. The molecule has 0 bridgehead atoms. The van der Waals surface area contributed by atoms with Gasteiger partial charge in [0.1, 0.15) is 0 Å². The fourth-order valence-corrected chi connectivity index (χ4v) is 2.11. The smallest absolute Gasteiger partial charge is 0.0693 e. The van der Waals surface area contributed by atoms with Crippen molar-refractivity contribution in [2.45, 2.75) is 25.0 Å². The van der Waals surface area contributed by atoms with E-state index in [4.69, 9.17) is 16.8 Å². The molecular formula is C8H15N7O. The molecule has 1 aliphatic carbocycles. The normalized spacial score (nSPS) is 33.6. The Morgan fingerprint density at radius 1 is 1.12 bits per heavy atom. The van der Waals surface area contributed by atoms with Gasteiger partial charge in [-0.3, -0.25) is 0 Å². The highest BCUT2D eigenvalue weighted by Crippen LogP contribution is 2.30. The van der Waals surface area contributed by atoms with E-state index >= 15 is 0 Å². The van der Waals surface area contributed by atoms with Crippen LogP contribution in [-0.2, 0) is 0 Å². The largest absolute Gasteiger partial charge is 0.392 e. The molecule has 1 saturated carbocycles. The first-order chi connectivity index (χ1) is 7.69. The number of rotatable bonds is 4. The fraction of sp³-hybridized carbons (Fsp3) is 1.00. The lowest BCUT2D eigenvalue weighted by Crippen LogP contribution is -2.45. The van der Waals surface area contributed by atoms with Crippen molar-refractivity contribution in [3.63, 3.8) is 0 Å². The van der Waals surface area contributed by atoms with Gasteiger partial charge in [-0.1, -0.05) is 10.2 Å². The molecule has 0 radical (unpaired) electrons. The van der Waals surface area contributed by atoms with Crippen LogP contribution in [0.4, 0.5) is 0 Å². The molecule has 0 saturated heterocycles. The van der Waals surface area contributed by atoms with Crippen molar-refractivity contribution in [3.05, 3.63) is 20.9 Å². The second-order valence-electron chi connectivity index (χ2n) is 4.05. The maximum absolute atomic E-state index is 9.63. The van der Waals surface area contributed by atoms with Crippen LogP contribution in [0.25, 0.3) is 20.9 Å². The molecular weight excluding hydrogens is 210 g/mol. The van der Waals surface area contributed by atoms with E-state index < -0.39 is 6.10 Å². The van der Waals surface area contributed by atoms with Crippen molar-refractivity contribution in [1.29, 1.82) is 0 Å². The second kappa shape index (κ2) is 6.19. The number of hydrogen-bond donors (Lipinski definition) is 2. The molecule has 0 aliphatic heterocycles. The monoisotopic (exact) mass is 225 g/mol. The van der Waals surface area contributed by atoms with Gasteiger partial charge in [0.15, 0.2) is 0 Å². The summed E-state index contributed by atoms with van der Waals surface area (Å²) in [7, 11) is 0. The summed E-state index contributed by atoms with van der Waals surface area (Å²) in [6, 6.07) is -0.291. The third kappa shape index (κ3) is 3.29. The summed E-state index contributed by atoms with van der Waals surface area (Å²) in [5.41, 5.74) is 22.3. The molecule has 0 aromatic carbocycles. The Bertz CT molecular complexity index is 288. The Balaban J connectivity index is 2.66. The molecule has 8 nitrogen and oxygen atoms in total. The molecule has 8 heteroatoms. The van der Waals surface area contributed by atoms with Crippen molar-refractivity contribution in [2.24, 2.45) is 27.8 Å². The molecule has 0 aromatic heterocycles. The summed E-state index contributed by atoms with van der Waals surface area (Å²) in [6.07, 6.45) is 0.513. The topological polar surface area (TPSA) is 144 Å². The van der Waals surface area contributed by atoms with E-state index in [1.807, 2.05) is 0 Å². The Kier molecular flexibility index (Phi) is 4.88. The highest BCUT2D eigenvalue weighted by Gasteiger charge is 2.33. The van der Waals surface area contributed by atoms with E-state index in [9.17, 15) is 5.11 Å². The maximum Gasteiger partial charge on any atom is 0.0693 e. The quantitative estimate of drug-likeness (QED) is 0.422. The lowest BCUT2D eigenvalue weighted by molar-refractivity contribution is 0.0547. The lowest BCUT2D eigenvalue weighted by Gasteiger charge is -2.36. The number of nitrogens with two attached hydrogens (primary N) is 1. The van der Waals surface area contributed by atoms with E-state index in [0.29, 0.717) is 25.9 Å². The Hall–Kier alpha value is -1.46. The molecule has 1 aliphatic rings. The minimum absolute atomic E-state index is 0.0381.